The van der Waals surface area contributed by atoms with Crippen molar-refractivity contribution in [3.8, 4) is 0 Å². The first-order valence-electron chi connectivity index (χ1n) is 2.78. The standard InChI is InChI=1S/CH4N2O.2Al.3H2O4S/c2-1(3)4;;;3*1-5(2,3)4/h(H4,2,3,4);;;3*(H2,1,2,3,4)/q;2*+3;;;/p-6. The number of carbonyl (C=O) groups is 1. The van der Waals surface area contributed by atoms with Crippen LogP contribution in [-0.2, 0) is 31.2 Å². The van der Waals surface area contributed by atoms with Gasteiger partial charge in [-0.25, -0.2) is 4.79 Å². The molecule has 0 spiro atoms. The zero-order valence-corrected chi connectivity index (χ0v) is 14.1. The average Bonchev–Trinajstić information content (AvgIpc) is 1.66. The number of hydrogen-bond acceptors (Lipinski definition) is 13. The van der Waals surface area contributed by atoms with E-state index in [-0.39, 0.29) is 34.7 Å². The van der Waals surface area contributed by atoms with Crippen LogP contribution in [0.15, 0.2) is 0 Å². The van der Waals surface area contributed by atoms with Gasteiger partial charge in [-0.1, -0.05) is 0 Å². The van der Waals surface area contributed by atoms with Gasteiger partial charge >= 0.3 is 40.8 Å². The molecule has 0 saturated heterocycles. The Morgan fingerprint density at radius 1 is 0.571 bits per heavy atom. The summed E-state index contributed by atoms with van der Waals surface area (Å²) in [5, 5.41) is 0. The smallest absolute Gasteiger partial charge is 0.759 e. The van der Waals surface area contributed by atoms with E-state index >= 15 is 0 Å². The SMILES string of the molecule is NC(N)=O.O=S(=O)([O-])[O-].O=S(=O)([O-])[O-].O=S(=O)([O-])[O-].[Al+3].[Al+3]. The molecule has 0 aliphatic carbocycles. The van der Waals surface area contributed by atoms with E-state index in [1.54, 1.807) is 0 Å². The van der Waals surface area contributed by atoms with Gasteiger partial charge in [0, 0.05) is 31.2 Å². The minimum absolute atomic E-state index is 0. The molecule has 21 heavy (non-hydrogen) atoms. The Morgan fingerprint density at radius 2 is 0.571 bits per heavy atom. The van der Waals surface area contributed by atoms with Crippen LogP contribution in [0.5, 0.6) is 0 Å². The van der Waals surface area contributed by atoms with Crippen molar-refractivity contribution < 1.29 is 57.4 Å². The molecule has 4 N–H and O–H groups in total. The van der Waals surface area contributed by atoms with Gasteiger partial charge in [-0.15, -0.1) is 0 Å². The Morgan fingerprint density at radius 3 is 0.571 bits per heavy atom. The van der Waals surface area contributed by atoms with Crippen LogP contribution >= 0.6 is 0 Å². The average molecular weight is 402 g/mol. The maximum absolute atomic E-state index is 9.00. The number of hydrogen-bond donors (Lipinski definition) is 2. The fourth-order valence-corrected chi connectivity index (χ4v) is 0. The predicted molar refractivity (Wildman–Crippen MR) is 56.7 cm³/mol. The summed E-state index contributed by atoms with van der Waals surface area (Å²) in [6, 6.07) is -0.833. The third kappa shape index (κ3) is 2120000. The molecule has 15 nitrogen and oxygen atoms in total. The van der Waals surface area contributed by atoms with Crippen LogP contribution < -0.4 is 11.5 Å². The van der Waals surface area contributed by atoms with E-state index in [9.17, 15) is 0 Å². The van der Waals surface area contributed by atoms with E-state index in [0.29, 0.717) is 0 Å². The van der Waals surface area contributed by atoms with Crippen LogP contribution in [0.3, 0.4) is 0 Å². The van der Waals surface area contributed by atoms with Crippen LogP contribution in [0.4, 0.5) is 4.79 Å². The molecule has 0 aliphatic heterocycles. The predicted octanol–water partition coefficient (Wildman–Crippen LogP) is -5.75. The quantitative estimate of drug-likeness (QED) is 0.217. The molecule has 0 atom stereocenters. The van der Waals surface area contributed by atoms with Crippen molar-refractivity contribution in [3.05, 3.63) is 0 Å². The van der Waals surface area contributed by atoms with Gasteiger partial charge < -0.3 is 38.8 Å². The number of rotatable bonds is 0. The first-order chi connectivity index (χ1) is 7.73. The van der Waals surface area contributed by atoms with E-state index < -0.39 is 37.2 Å². The second-order valence-corrected chi connectivity index (χ2v) is 4.08. The summed E-state index contributed by atoms with van der Waals surface area (Å²) in [6.07, 6.45) is 0. The summed E-state index contributed by atoms with van der Waals surface area (Å²) < 4.78 is 102. The third-order valence-electron chi connectivity index (χ3n) is 0. The Bertz CT molecular complexity index is 433. The summed E-state index contributed by atoms with van der Waals surface area (Å²) in [6.45, 7) is 0. The molecule has 0 aromatic rings. The van der Waals surface area contributed by atoms with Gasteiger partial charge in [0.2, 0.25) is 0 Å². The van der Waals surface area contributed by atoms with Crippen LogP contribution in [0.25, 0.3) is 0 Å². The van der Waals surface area contributed by atoms with Crippen molar-refractivity contribution in [2.75, 3.05) is 0 Å². The zero-order valence-electron chi connectivity index (χ0n) is 9.34. The fourth-order valence-electron chi connectivity index (χ4n) is 0. The molecular formula is CH4Al2N2O13S3. The maximum atomic E-state index is 9.00. The van der Waals surface area contributed by atoms with Gasteiger partial charge in [0.05, 0.1) is 0 Å². The first-order valence-corrected chi connectivity index (χ1v) is 6.78. The van der Waals surface area contributed by atoms with Crippen molar-refractivity contribution >= 4 is 72.0 Å². The van der Waals surface area contributed by atoms with Gasteiger partial charge in [-0.2, -0.15) is 0 Å². The summed E-state index contributed by atoms with van der Waals surface area (Å²) in [4.78, 5) is 9.00. The monoisotopic (exact) mass is 402 g/mol. The van der Waals surface area contributed by atoms with Crippen LogP contribution in [0.2, 0.25) is 0 Å². The van der Waals surface area contributed by atoms with Crippen LogP contribution in [0, 0.1) is 0 Å². The summed E-state index contributed by atoms with van der Waals surface area (Å²) in [5.74, 6) is 0. The van der Waals surface area contributed by atoms with Crippen molar-refractivity contribution in [2.24, 2.45) is 11.5 Å². The Hall–Kier alpha value is -0.0551. The van der Waals surface area contributed by atoms with E-state index in [4.69, 9.17) is 57.4 Å². The Kier molecular flexibility index (Phi) is 29.0. The zero-order chi connectivity index (χ0) is 17.1. The third-order valence-corrected chi connectivity index (χ3v) is 0. The van der Waals surface area contributed by atoms with Crippen LogP contribution in [0.1, 0.15) is 0 Å². The van der Waals surface area contributed by atoms with E-state index in [1.807, 2.05) is 0 Å². The molecule has 0 aromatic carbocycles. The fraction of sp³-hybridized carbons (Fsp3) is 0. The van der Waals surface area contributed by atoms with E-state index in [0.717, 1.165) is 0 Å². The summed E-state index contributed by atoms with van der Waals surface area (Å²) in [7, 11) is -15.5. The minimum Gasteiger partial charge on any atom is -0.759 e. The number of urea groups is 1. The minimum atomic E-state index is -5.17. The van der Waals surface area contributed by atoms with Crippen molar-refractivity contribution in [1.29, 1.82) is 0 Å². The second kappa shape index (κ2) is 16.3. The molecule has 0 fully saturated rings. The largest absolute Gasteiger partial charge is 3.00 e. The van der Waals surface area contributed by atoms with Crippen molar-refractivity contribution in [1.82, 2.24) is 0 Å². The van der Waals surface area contributed by atoms with Crippen LogP contribution in [-0.4, -0.2) is 93.3 Å². The molecule has 120 valence electrons. The molecule has 20 heteroatoms. The van der Waals surface area contributed by atoms with E-state index in [2.05, 4.69) is 11.5 Å². The Labute approximate surface area is 140 Å². The molecule has 0 bridgehead atoms. The molecule has 0 rings (SSSR count). The van der Waals surface area contributed by atoms with Gasteiger partial charge in [0.1, 0.15) is 0 Å². The summed E-state index contributed by atoms with van der Waals surface area (Å²) >= 11 is 0. The molecular weight excluding hydrogens is 398 g/mol. The van der Waals surface area contributed by atoms with Gasteiger partial charge in [-0.3, -0.25) is 25.3 Å². The van der Waals surface area contributed by atoms with E-state index in [1.165, 1.54) is 0 Å². The second-order valence-electron chi connectivity index (χ2n) is 1.63. The maximum Gasteiger partial charge on any atom is 3.00 e. The molecule has 0 saturated carbocycles. The molecule has 0 aromatic heterocycles. The molecule has 2 amide bonds. The molecule has 0 radical (unpaired) electrons. The number of amides is 2. The number of primary amides is 2. The number of carbonyl (C=O) groups excluding carboxylic acids is 1. The molecule has 0 unspecified atom stereocenters. The first kappa shape index (κ1) is 37.3. The van der Waals surface area contributed by atoms with Crippen molar-refractivity contribution in [3.63, 3.8) is 0 Å². The number of nitrogens with two attached hydrogens (primary N) is 2. The van der Waals surface area contributed by atoms with Gasteiger partial charge in [0.15, 0.2) is 0 Å². The normalized spacial score (nSPS) is 9.43. The Balaban J connectivity index is -0.0000000347. The van der Waals surface area contributed by atoms with Gasteiger partial charge in [-0.05, 0) is 0 Å². The summed E-state index contributed by atoms with van der Waals surface area (Å²) in [5.41, 5.74) is 8.50. The van der Waals surface area contributed by atoms with Gasteiger partial charge in [0.25, 0.3) is 0 Å². The molecule has 0 aliphatic rings. The topological polar surface area (TPSA) is 310 Å². The molecule has 0 heterocycles. The van der Waals surface area contributed by atoms with Crippen molar-refractivity contribution in [2.45, 2.75) is 0 Å².